The summed E-state index contributed by atoms with van der Waals surface area (Å²) in [5.74, 6) is -0.371. The molecule has 1 aliphatic heterocycles. The minimum Gasteiger partial charge on any atom is -0.424 e. The zero-order valence-corrected chi connectivity index (χ0v) is 11.9. The fourth-order valence-corrected chi connectivity index (χ4v) is 3.11. The first kappa shape index (κ1) is 14.2. The number of oxazole rings is 1. The van der Waals surface area contributed by atoms with Crippen molar-refractivity contribution in [1.29, 1.82) is 0 Å². The van der Waals surface area contributed by atoms with E-state index in [2.05, 4.69) is 10.3 Å². The van der Waals surface area contributed by atoms with Gasteiger partial charge in [-0.2, -0.15) is 17.7 Å². The average Bonchev–Trinajstić information content (AvgIpc) is 2.79. The minimum atomic E-state index is -3.62. The summed E-state index contributed by atoms with van der Waals surface area (Å²) in [6, 6.07) is 4.48. The monoisotopic (exact) mass is 314 g/mol. The van der Waals surface area contributed by atoms with Crippen LogP contribution in [0.25, 0.3) is 11.1 Å². The van der Waals surface area contributed by atoms with Crippen LogP contribution in [0.1, 0.15) is 12.8 Å². The standard InChI is InChI=1S/C12H15FN4O3S/c13-8-1-2-11-10(7-8)16-12(20-11)15-9-3-5-17(6-4-9)21(14,18)19/h1-2,7,9H,3-6H2,(H,15,16)(H2,14,18,19). The first-order valence-corrected chi connectivity index (χ1v) is 8.02. The lowest BCUT2D eigenvalue weighted by atomic mass is 10.1. The molecule has 0 spiro atoms. The highest BCUT2D eigenvalue weighted by atomic mass is 32.2. The largest absolute Gasteiger partial charge is 0.424 e. The summed E-state index contributed by atoms with van der Waals surface area (Å²) in [4.78, 5) is 4.16. The molecule has 0 atom stereocenters. The number of halogens is 1. The van der Waals surface area contributed by atoms with Crippen molar-refractivity contribution in [3.63, 3.8) is 0 Å². The molecule has 1 aromatic carbocycles. The number of piperidine rings is 1. The molecule has 2 heterocycles. The van der Waals surface area contributed by atoms with E-state index in [1.165, 1.54) is 22.5 Å². The van der Waals surface area contributed by atoms with E-state index >= 15 is 0 Å². The van der Waals surface area contributed by atoms with Crippen molar-refractivity contribution in [3.05, 3.63) is 24.0 Å². The highest BCUT2D eigenvalue weighted by Crippen LogP contribution is 2.22. The van der Waals surface area contributed by atoms with Crippen LogP contribution in [0, 0.1) is 5.82 Å². The van der Waals surface area contributed by atoms with E-state index in [1.54, 1.807) is 0 Å². The first-order valence-electron chi connectivity index (χ1n) is 6.52. The molecule has 1 fully saturated rings. The van der Waals surface area contributed by atoms with Crippen molar-refractivity contribution in [3.8, 4) is 0 Å². The van der Waals surface area contributed by atoms with Crippen LogP contribution in [0.2, 0.25) is 0 Å². The van der Waals surface area contributed by atoms with Gasteiger partial charge in [0.2, 0.25) is 0 Å². The molecule has 0 bridgehead atoms. The van der Waals surface area contributed by atoms with Crippen LogP contribution < -0.4 is 10.5 Å². The van der Waals surface area contributed by atoms with Gasteiger partial charge >= 0.3 is 0 Å². The van der Waals surface area contributed by atoms with Gasteiger partial charge in [0.15, 0.2) is 5.58 Å². The molecule has 1 saturated heterocycles. The maximum absolute atomic E-state index is 13.1. The van der Waals surface area contributed by atoms with Gasteiger partial charge in [0.25, 0.3) is 16.2 Å². The van der Waals surface area contributed by atoms with Gasteiger partial charge in [-0.05, 0) is 25.0 Å². The number of nitrogens with one attached hydrogen (secondary N) is 1. The lowest BCUT2D eigenvalue weighted by Gasteiger charge is -2.29. The summed E-state index contributed by atoms with van der Waals surface area (Å²) in [5, 5.41) is 8.18. The third-order valence-corrected chi connectivity index (χ3v) is 4.58. The maximum atomic E-state index is 13.1. The van der Waals surface area contributed by atoms with Crippen LogP contribution in [0.5, 0.6) is 0 Å². The predicted molar refractivity (Wildman–Crippen MR) is 75.3 cm³/mol. The van der Waals surface area contributed by atoms with Crippen molar-refractivity contribution >= 4 is 27.3 Å². The molecule has 3 rings (SSSR count). The molecule has 7 nitrogen and oxygen atoms in total. The number of rotatable bonds is 3. The molecular formula is C12H15FN4O3S. The fourth-order valence-electron chi connectivity index (χ4n) is 2.39. The molecule has 3 N–H and O–H groups in total. The van der Waals surface area contributed by atoms with Gasteiger partial charge in [0.05, 0.1) is 0 Å². The molecule has 0 unspecified atom stereocenters. The number of benzene rings is 1. The highest BCUT2D eigenvalue weighted by molar-refractivity contribution is 7.86. The van der Waals surface area contributed by atoms with Gasteiger partial charge in [-0.25, -0.2) is 9.53 Å². The molecule has 9 heteroatoms. The number of nitrogens with two attached hydrogens (primary N) is 1. The van der Waals surface area contributed by atoms with Crippen LogP contribution in [-0.4, -0.2) is 36.8 Å². The average molecular weight is 314 g/mol. The van der Waals surface area contributed by atoms with E-state index in [9.17, 15) is 12.8 Å². The molecule has 0 aliphatic carbocycles. The zero-order chi connectivity index (χ0) is 15.0. The Morgan fingerprint density at radius 1 is 1.38 bits per heavy atom. The first-order chi connectivity index (χ1) is 9.91. The zero-order valence-electron chi connectivity index (χ0n) is 11.1. The lowest BCUT2D eigenvalue weighted by molar-refractivity contribution is 0.327. The molecule has 1 aromatic heterocycles. The Balaban J connectivity index is 1.67. The van der Waals surface area contributed by atoms with Crippen LogP contribution in [0.4, 0.5) is 10.4 Å². The topological polar surface area (TPSA) is 101 Å². The third-order valence-electron chi connectivity index (χ3n) is 3.49. The quantitative estimate of drug-likeness (QED) is 0.881. The fraction of sp³-hybridized carbons (Fsp3) is 0.417. The van der Waals surface area contributed by atoms with Crippen LogP contribution in [0.3, 0.4) is 0 Å². The van der Waals surface area contributed by atoms with Crippen molar-refractivity contribution in [1.82, 2.24) is 9.29 Å². The van der Waals surface area contributed by atoms with E-state index in [0.717, 1.165) is 0 Å². The summed E-state index contributed by atoms with van der Waals surface area (Å²) in [5.41, 5.74) is 0.945. The van der Waals surface area contributed by atoms with Gasteiger partial charge in [-0.3, -0.25) is 0 Å². The number of aromatic nitrogens is 1. The van der Waals surface area contributed by atoms with Gasteiger partial charge in [0.1, 0.15) is 11.3 Å². The highest BCUT2D eigenvalue weighted by Gasteiger charge is 2.26. The lowest BCUT2D eigenvalue weighted by Crippen LogP contribution is -2.45. The Kier molecular flexibility index (Phi) is 3.56. The Morgan fingerprint density at radius 3 is 2.76 bits per heavy atom. The molecule has 114 valence electrons. The Bertz CT molecular complexity index is 753. The second-order valence-electron chi connectivity index (χ2n) is 4.99. The SMILES string of the molecule is NS(=O)(=O)N1CCC(Nc2nc3cc(F)ccc3o2)CC1. The predicted octanol–water partition coefficient (Wildman–Crippen LogP) is 1.05. The van der Waals surface area contributed by atoms with E-state index in [1.807, 2.05) is 0 Å². The summed E-state index contributed by atoms with van der Waals surface area (Å²) in [6.07, 6.45) is 1.20. The summed E-state index contributed by atoms with van der Waals surface area (Å²) in [6.45, 7) is 0.705. The smallest absolute Gasteiger partial charge is 0.295 e. The summed E-state index contributed by atoms with van der Waals surface area (Å²) >= 11 is 0. The number of nitrogens with zero attached hydrogens (tertiary/aromatic N) is 2. The third kappa shape index (κ3) is 3.14. The van der Waals surface area contributed by atoms with Gasteiger partial charge in [0, 0.05) is 25.2 Å². The van der Waals surface area contributed by atoms with Crippen LogP contribution in [0.15, 0.2) is 22.6 Å². The summed E-state index contributed by atoms with van der Waals surface area (Å²) in [7, 11) is -3.62. The van der Waals surface area contributed by atoms with Crippen LogP contribution >= 0.6 is 0 Å². The van der Waals surface area contributed by atoms with Crippen molar-refractivity contribution in [2.45, 2.75) is 18.9 Å². The molecule has 0 amide bonds. The second kappa shape index (κ2) is 5.24. The van der Waals surface area contributed by atoms with Crippen LogP contribution in [-0.2, 0) is 10.2 Å². The molecule has 0 radical (unpaired) electrons. The number of hydrogen-bond acceptors (Lipinski definition) is 5. The normalized spacial score (nSPS) is 18.2. The van der Waals surface area contributed by atoms with Crippen molar-refractivity contribution in [2.24, 2.45) is 5.14 Å². The van der Waals surface area contributed by atoms with Gasteiger partial charge in [-0.1, -0.05) is 0 Å². The van der Waals surface area contributed by atoms with E-state index in [0.29, 0.717) is 43.0 Å². The number of fused-ring (bicyclic) bond motifs is 1. The Labute approximate surface area is 121 Å². The van der Waals surface area contributed by atoms with Gasteiger partial charge < -0.3 is 9.73 Å². The number of hydrogen-bond donors (Lipinski definition) is 2. The summed E-state index contributed by atoms with van der Waals surface area (Å²) < 4.78 is 42.2. The Hall–Kier alpha value is -1.71. The Morgan fingerprint density at radius 2 is 2.10 bits per heavy atom. The molecular weight excluding hydrogens is 299 g/mol. The number of anilines is 1. The molecule has 2 aromatic rings. The van der Waals surface area contributed by atoms with Gasteiger partial charge in [-0.15, -0.1) is 0 Å². The van der Waals surface area contributed by atoms with E-state index < -0.39 is 10.2 Å². The van der Waals surface area contributed by atoms with E-state index in [4.69, 9.17) is 9.56 Å². The van der Waals surface area contributed by atoms with Crippen molar-refractivity contribution in [2.75, 3.05) is 18.4 Å². The molecule has 0 saturated carbocycles. The van der Waals surface area contributed by atoms with Crippen molar-refractivity contribution < 1.29 is 17.2 Å². The van der Waals surface area contributed by atoms with E-state index in [-0.39, 0.29) is 11.9 Å². The minimum absolute atomic E-state index is 0.0425. The maximum Gasteiger partial charge on any atom is 0.295 e. The second-order valence-corrected chi connectivity index (χ2v) is 6.54. The molecule has 1 aliphatic rings. The molecule has 21 heavy (non-hydrogen) atoms.